The van der Waals surface area contributed by atoms with Gasteiger partial charge in [0.1, 0.15) is 6.20 Å². The number of carbonyl (C=O) groups is 1. The second-order valence-electron chi connectivity index (χ2n) is 5.59. The molecule has 1 saturated heterocycles. The highest BCUT2D eigenvalue weighted by atomic mass is 79.9. The molecular formula is C14H18BrN3O5. The van der Waals surface area contributed by atoms with Gasteiger partial charge >= 0.3 is 6.09 Å². The smallest absolute Gasteiger partial charge is 0.407 e. The van der Waals surface area contributed by atoms with Gasteiger partial charge in [-0.1, -0.05) is 0 Å². The lowest BCUT2D eigenvalue weighted by atomic mass is 9.89. The van der Waals surface area contributed by atoms with E-state index < -0.39 is 11.0 Å². The van der Waals surface area contributed by atoms with Gasteiger partial charge in [-0.15, -0.1) is 0 Å². The maximum Gasteiger partial charge on any atom is 0.407 e. The Morgan fingerprint density at radius 2 is 2.39 bits per heavy atom. The van der Waals surface area contributed by atoms with Crippen LogP contribution in [0.3, 0.4) is 0 Å². The van der Waals surface area contributed by atoms with Crippen LogP contribution >= 0.6 is 15.9 Å². The number of piperidine rings is 1. The van der Waals surface area contributed by atoms with Gasteiger partial charge in [-0.25, -0.2) is 9.78 Å². The first-order valence-corrected chi connectivity index (χ1v) is 8.10. The zero-order valence-electron chi connectivity index (χ0n) is 12.6. The zero-order chi connectivity index (χ0) is 17.0. The molecule has 126 valence electrons. The highest BCUT2D eigenvalue weighted by Crippen LogP contribution is 2.28. The summed E-state index contributed by atoms with van der Waals surface area (Å²) in [5.74, 6) is 0.726. The fraction of sp³-hybridized carbons (Fsp3) is 0.571. The maximum atomic E-state index is 11.0. The number of hydrogen-bond acceptors (Lipinski definition) is 5. The Kier molecular flexibility index (Phi) is 5.75. The molecule has 2 atom stereocenters. The van der Waals surface area contributed by atoms with Crippen molar-refractivity contribution in [3.05, 3.63) is 26.9 Å². The summed E-state index contributed by atoms with van der Waals surface area (Å²) in [5.41, 5.74) is -0.0981. The minimum absolute atomic E-state index is 0.00971. The van der Waals surface area contributed by atoms with Crippen molar-refractivity contribution in [1.29, 1.82) is 0 Å². The molecule has 1 aliphatic rings. The molecule has 8 nitrogen and oxygen atoms in total. The van der Waals surface area contributed by atoms with E-state index >= 15 is 0 Å². The number of hydrogen-bond donors (Lipinski definition) is 1. The summed E-state index contributed by atoms with van der Waals surface area (Å²) >= 11 is 3.21. The number of amides is 1. The second kappa shape index (κ2) is 7.58. The number of nitro groups is 1. The Balaban J connectivity index is 1.82. The summed E-state index contributed by atoms with van der Waals surface area (Å²) in [4.78, 5) is 26.6. The largest absolute Gasteiger partial charge is 0.477 e. The van der Waals surface area contributed by atoms with Crippen molar-refractivity contribution < 1.29 is 19.6 Å². The van der Waals surface area contributed by atoms with Crippen LogP contribution in [0.25, 0.3) is 0 Å². The molecule has 1 aromatic rings. The fourth-order valence-electron chi connectivity index (χ4n) is 2.76. The summed E-state index contributed by atoms with van der Waals surface area (Å²) in [6, 6.07) is 1.37. The Bertz CT molecular complexity index is 598. The maximum absolute atomic E-state index is 11.0. The van der Waals surface area contributed by atoms with Crippen LogP contribution in [0, 0.1) is 16.0 Å². The number of aromatic nitrogens is 1. The van der Waals surface area contributed by atoms with Crippen LogP contribution in [0.5, 0.6) is 5.88 Å². The minimum atomic E-state index is -0.869. The van der Waals surface area contributed by atoms with Crippen LogP contribution in [0.1, 0.15) is 26.2 Å². The van der Waals surface area contributed by atoms with E-state index in [1.54, 1.807) is 0 Å². The quantitative estimate of drug-likeness (QED) is 0.613. The van der Waals surface area contributed by atoms with E-state index in [2.05, 4.69) is 20.9 Å². The first-order chi connectivity index (χ1) is 10.9. The summed E-state index contributed by atoms with van der Waals surface area (Å²) in [6.45, 7) is 2.89. The van der Waals surface area contributed by atoms with Gasteiger partial charge in [0.25, 0.3) is 5.69 Å². The van der Waals surface area contributed by atoms with Gasteiger partial charge in [-0.05, 0) is 48.0 Å². The average Bonchev–Trinajstić information content (AvgIpc) is 2.48. The number of carboxylic acid groups (broad SMARTS) is 1. The Morgan fingerprint density at radius 3 is 2.96 bits per heavy atom. The number of rotatable bonds is 5. The summed E-state index contributed by atoms with van der Waals surface area (Å²) in [6.07, 6.45) is 2.71. The van der Waals surface area contributed by atoms with Gasteiger partial charge in [-0.2, -0.15) is 0 Å². The number of likely N-dealkylation sites (tertiary alicyclic amines) is 1. The standard InChI is InChI=1S/C14H18BrN3O5/c1-9-6-10(2-4-17(9)14(19)20)3-5-23-13-12(15)7-11(8-16-13)18(21)22/h7-10H,2-6H2,1H3,(H,19,20). The summed E-state index contributed by atoms with van der Waals surface area (Å²) in [7, 11) is 0. The minimum Gasteiger partial charge on any atom is -0.477 e. The molecule has 2 rings (SSSR count). The number of pyridine rings is 1. The van der Waals surface area contributed by atoms with Crippen LogP contribution in [-0.2, 0) is 0 Å². The van der Waals surface area contributed by atoms with Gasteiger partial charge in [0.15, 0.2) is 0 Å². The average molecular weight is 388 g/mol. The first-order valence-electron chi connectivity index (χ1n) is 7.30. The van der Waals surface area contributed by atoms with Crippen LogP contribution in [0.2, 0.25) is 0 Å². The van der Waals surface area contributed by atoms with E-state index in [0.717, 1.165) is 25.5 Å². The Hall–Kier alpha value is -1.90. The van der Waals surface area contributed by atoms with Crippen molar-refractivity contribution in [3.8, 4) is 5.88 Å². The molecule has 0 spiro atoms. The molecule has 1 aliphatic heterocycles. The molecule has 0 bridgehead atoms. The van der Waals surface area contributed by atoms with Gasteiger partial charge in [-0.3, -0.25) is 10.1 Å². The SMILES string of the molecule is CC1CC(CCOc2ncc([N+](=O)[O-])cc2Br)CCN1C(=O)O. The molecule has 0 aliphatic carbocycles. The van der Waals surface area contributed by atoms with Crippen molar-refractivity contribution in [2.75, 3.05) is 13.2 Å². The van der Waals surface area contributed by atoms with Crippen LogP contribution in [0.4, 0.5) is 10.5 Å². The Morgan fingerprint density at radius 1 is 1.65 bits per heavy atom. The lowest BCUT2D eigenvalue weighted by molar-refractivity contribution is -0.385. The van der Waals surface area contributed by atoms with Crippen molar-refractivity contribution in [3.63, 3.8) is 0 Å². The molecule has 1 fully saturated rings. The second-order valence-corrected chi connectivity index (χ2v) is 6.44. The van der Waals surface area contributed by atoms with Crippen molar-refractivity contribution in [2.45, 2.75) is 32.2 Å². The normalized spacial score (nSPS) is 21.0. The number of halogens is 1. The predicted octanol–water partition coefficient (Wildman–Crippen LogP) is 3.30. The monoisotopic (exact) mass is 387 g/mol. The molecular weight excluding hydrogens is 370 g/mol. The number of ether oxygens (including phenoxy) is 1. The molecule has 0 saturated carbocycles. The molecule has 1 N–H and O–H groups in total. The molecule has 9 heteroatoms. The lowest BCUT2D eigenvalue weighted by Gasteiger charge is -2.35. The van der Waals surface area contributed by atoms with Crippen molar-refractivity contribution in [2.24, 2.45) is 5.92 Å². The van der Waals surface area contributed by atoms with E-state index in [1.165, 1.54) is 11.0 Å². The predicted molar refractivity (Wildman–Crippen MR) is 85.6 cm³/mol. The molecule has 23 heavy (non-hydrogen) atoms. The number of nitrogens with zero attached hydrogens (tertiary/aromatic N) is 3. The highest BCUT2D eigenvalue weighted by molar-refractivity contribution is 9.10. The molecule has 1 amide bonds. The third-order valence-electron chi connectivity index (χ3n) is 4.00. The lowest BCUT2D eigenvalue weighted by Crippen LogP contribution is -2.44. The van der Waals surface area contributed by atoms with E-state index in [0.29, 0.717) is 29.4 Å². The van der Waals surface area contributed by atoms with Crippen molar-refractivity contribution >= 4 is 27.7 Å². The Labute approximate surface area is 141 Å². The van der Waals surface area contributed by atoms with Crippen LogP contribution < -0.4 is 4.74 Å². The first kappa shape index (κ1) is 17.5. The van der Waals surface area contributed by atoms with E-state index in [-0.39, 0.29) is 11.7 Å². The van der Waals surface area contributed by atoms with Crippen LogP contribution in [-0.4, -0.2) is 45.2 Å². The van der Waals surface area contributed by atoms with Gasteiger partial charge in [0.05, 0.1) is 16.0 Å². The third kappa shape index (κ3) is 4.54. The summed E-state index contributed by atoms with van der Waals surface area (Å²) in [5, 5.41) is 19.7. The molecule has 2 heterocycles. The molecule has 0 radical (unpaired) electrons. The molecule has 2 unspecified atom stereocenters. The molecule has 0 aromatic carbocycles. The van der Waals surface area contributed by atoms with Gasteiger partial charge < -0.3 is 14.7 Å². The van der Waals surface area contributed by atoms with E-state index in [1.807, 2.05) is 6.92 Å². The highest BCUT2D eigenvalue weighted by Gasteiger charge is 2.28. The van der Waals surface area contributed by atoms with E-state index in [9.17, 15) is 14.9 Å². The zero-order valence-corrected chi connectivity index (χ0v) is 14.2. The van der Waals surface area contributed by atoms with E-state index in [4.69, 9.17) is 9.84 Å². The fourth-order valence-corrected chi connectivity index (χ4v) is 3.21. The summed E-state index contributed by atoms with van der Waals surface area (Å²) < 4.78 is 6.02. The third-order valence-corrected chi connectivity index (χ3v) is 4.57. The topological polar surface area (TPSA) is 106 Å². The van der Waals surface area contributed by atoms with Crippen molar-refractivity contribution in [1.82, 2.24) is 9.88 Å². The molecule has 1 aromatic heterocycles. The van der Waals surface area contributed by atoms with Crippen LogP contribution in [0.15, 0.2) is 16.7 Å². The van der Waals surface area contributed by atoms with Gasteiger partial charge in [0.2, 0.25) is 5.88 Å². The van der Waals surface area contributed by atoms with Gasteiger partial charge in [0, 0.05) is 18.7 Å².